The molecule has 3 heterocycles. The Labute approximate surface area is 293 Å². The van der Waals surface area contributed by atoms with Gasteiger partial charge in [-0.25, -0.2) is 0 Å². The molecule has 2 saturated heterocycles. The fourth-order valence-electron chi connectivity index (χ4n) is 7.20. The maximum absolute atomic E-state index is 14.1. The number of nitrogens with zero attached hydrogens (tertiary/aromatic N) is 3. The number of aryl methyl sites for hydroxylation is 1. The maximum atomic E-state index is 14.1. The lowest BCUT2D eigenvalue weighted by Crippen LogP contribution is -2.47. The van der Waals surface area contributed by atoms with Gasteiger partial charge in [0.15, 0.2) is 0 Å². The highest BCUT2D eigenvalue weighted by Gasteiger charge is 2.30. The summed E-state index contributed by atoms with van der Waals surface area (Å²) in [6, 6.07) is 19.0. The van der Waals surface area contributed by atoms with E-state index in [1.165, 1.54) is 31.2 Å². The van der Waals surface area contributed by atoms with E-state index in [9.17, 15) is 14.7 Å². The number of hydrogen-bond acceptors (Lipinski definition) is 5. The molecule has 0 atom stereocenters. The number of thiophene rings is 1. The Bertz CT molecular complexity index is 1420. The van der Waals surface area contributed by atoms with Crippen molar-refractivity contribution in [3.8, 4) is 11.1 Å². The van der Waals surface area contributed by atoms with Crippen molar-refractivity contribution in [2.45, 2.75) is 97.6 Å². The lowest BCUT2D eigenvalue weighted by molar-refractivity contribution is 0.0550. The molecule has 0 saturated carbocycles. The number of carbonyl (C=O) groups is 2. The van der Waals surface area contributed by atoms with Crippen LogP contribution in [0, 0.1) is 11.8 Å². The summed E-state index contributed by atoms with van der Waals surface area (Å²) in [7, 11) is 0. The fraction of sp³-hybridized carbons (Fsp3) is 0.561. The normalized spacial score (nSPS) is 16.5. The van der Waals surface area contributed by atoms with Crippen molar-refractivity contribution in [1.82, 2.24) is 14.7 Å². The summed E-state index contributed by atoms with van der Waals surface area (Å²) in [4.78, 5) is 34.8. The number of unbranched alkanes of at least 4 members (excludes halogenated alkanes) is 2. The van der Waals surface area contributed by atoms with Crippen LogP contribution in [0.1, 0.15) is 110 Å². The molecule has 0 spiro atoms. The topological polar surface area (TPSA) is 64.1 Å². The lowest BCUT2D eigenvalue weighted by Gasteiger charge is -2.38. The van der Waals surface area contributed by atoms with Crippen LogP contribution in [-0.2, 0) is 13.0 Å². The largest absolute Gasteiger partial charge is 0.396 e. The number of carbonyl (C=O) groups excluding carboxylic acids is 2. The van der Waals surface area contributed by atoms with Gasteiger partial charge in [-0.2, -0.15) is 0 Å². The summed E-state index contributed by atoms with van der Waals surface area (Å²) in [6.07, 6.45) is 10.7. The highest BCUT2D eigenvalue weighted by Crippen LogP contribution is 2.28. The summed E-state index contributed by atoms with van der Waals surface area (Å²) < 4.78 is 0. The van der Waals surface area contributed by atoms with Gasteiger partial charge in [0.2, 0.25) is 0 Å². The third-order valence-electron chi connectivity index (χ3n) is 10.4. The number of amides is 2. The van der Waals surface area contributed by atoms with E-state index in [1.54, 1.807) is 11.3 Å². The zero-order chi connectivity index (χ0) is 33.9. The minimum atomic E-state index is 0.0914. The summed E-state index contributed by atoms with van der Waals surface area (Å²) in [6.45, 7) is 12.4. The first-order chi connectivity index (χ1) is 23.3. The van der Waals surface area contributed by atoms with E-state index < -0.39 is 0 Å². The number of rotatable bonds is 15. The van der Waals surface area contributed by atoms with E-state index in [-0.39, 0.29) is 24.5 Å². The Morgan fingerprint density at radius 1 is 0.896 bits per heavy atom. The van der Waals surface area contributed by atoms with Gasteiger partial charge in [0, 0.05) is 50.9 Å². The van der Waals surface area contributed by atoms with Gasteiger partial charge < -0.3 is 19.8 Å². The van der Waals surface area contributed by atoms with Crippen LogP contribution in [0.3, 0.4) is 0 Å². The molecule has 2 fully saturated rings. The molecule has 7 heteroatoms. The summed E-state index contributed by atoms with van der Waals surface area (Å²) in [5, 5.41) is 11.4. The number of benzene rings is 2. The molecule has 48 heavy (non-hydrogen) atoms. The second-order valence-corrected chi connectivity index (χ2v) is 15.4. The average molecular weight is 672 g/mol. The van der Waals surface area contributed by atoms with Crippen LogP contribution >= 0.6 is 11.3 Å². The van der Waals surface area contributed by atoms with Crippen molar-refractivity contribution in [3.05, 3.63) is 81.5 Å². The molecule has 3 aromatic rings. The molecule has 0 aliphatic carbocycles. The van der Waals surface area contributed by atoms with Crippen LogP contribution < -0.4 is 0 Å². The number of aliphatic hydroxyl groups excluding tert-OH is 1. The first kappa shape index (κ1) is 36.3. The van der Waals surface area contributed by atoms with Crippen LogP contribution in [-0.4, -0.2) is 77.0 Å². The van der Waals surface area contributed by atoms with Gasteiger partial charge in [-0.1, -0.05) is 70.0 Å². The Morgan fingerprint density at radius 3 is 2.19 bits per heavy atom. The van der Waals surface area contributed by atoms with Gasteiger partial charge in [0.05, 0.1) is 4.88 Å². The van der Waals surface area contributed by atoms with E-state index >= 15 is 0 Å². The van der Waals surface area contributed by atoms with Crippen molar-refractivity contribution in [3.63, 3.8) is 0 Å². The van der Waals surface area contributed by atoms with E-state index in [2.05, 4.69) is 66.3 Å². The minimum Gasteiger partial charge on any atom is -0.396 e. The summed E-state index contributed by atoms with van der Waals surface area (Å²) in [5.74, 6) is 1.49. The molecule has 2 aliphatic rings. The number of aliphatic hydroxyl groups is 1. The van der Waals surface area contributed by atoms with Crippen molar-refractivity contribution < 1.29 is 14.7 Å². The van der Waals surface area contributed by atoms with Crippen molar-refractivity contribution in [1.29, 1.82) is 0 Å². The highest BCUT2D eigenvalue weighted by molar-refractivity contribution is 7.12. The van der Waals surface area contributed by atoms with Gasteiger partial charge in [-0.05, 0) is 116 Å². The van der Waals surface area contributed by atoms with E-state index in [1.807, 2.05) is 29.2 Å². The molecule has 0 radical (unpaired) electrons. The number of piperidine rings is 2. The quantitative estimate of drug-likeness (QED) is 0.165. The predicted molar refractivity (Wildman–Crippen MR) is 199 cm³/mol. The number of likely N-dealkylation sites (tertiary alicyclic amines) is 2. The third kappa shape index (κ3) is 10.0. The molecule has 0 unspecified atom stereocenters. The molecule has 260 valence electrons. The molecule has 2 aliphatic heterocycles. The summed E-state index contributed by atoms with van der Waals surface area (Å²) in [5.41, 5.74) is 5.34. The average Bonchev–Trinajstić information content (AvgIpc) is 3.59. The SMILES string of the molecule is CCCCCc1csc(C(=O)N(Cc2ccc(-c3ccc(C(=O)N4CCC(CCO)CC4)cc3)cc2)C2CCN(CCC(C)C)CC2)c1. The molecular formula is C41H57N3O3S. The Kier molecular flexibility index (Phi) is 13.7. The van der Waals surface area contributed by atoms with Crippen LogP contribution in [0.2, 0.25) is 0 Å². The van der Waals surface area contributed by atoms with Crippen LogP contribution in [0.25, 0.3) is 11.1 Å². The van der Waals surface area contributed by atoms with Crippen molar-refractivity contribution >= 4 is 23.2 Å². The summed E-state index contributed by atoms with van der Waals surface area (Å²) >= 11 is 1.61. The third-order valence-corrected chi connectivity index (χ3v) is 11.4. The van der Waals surface area contributed by atoms with Gasteiger partial charge in [0.1, 0.15) is 0 Å². The van der Waals surface area contributed by atoms with Gasteiger partial charge in [-0.3, -0.25) is 9.59 Å². The van der Waals surface area contributed by atoms with Crippen LogP contribution in [0.5, 0.6) is 0 Å². The van der Waals surface area contributed by atoms with Crippen molar-refractivity contribution in [2.24, 2.45) is 11.8 Å². The standard InChI is InChI=1S/C41H57N3O3S/c1-4-5-6-7-34-28-39(48-30-34)41(47)44(38-19-23-42(24-20-38)22-16-31(2)3)29-33-8-10-35(11-9-33)36-12-14-37(15-13-36)40(46)43-25-17-32(18-26-43)21-27-45/h8-15,28,30-32,38,45H,4-7,16-27,29H2,1-3H3. The molecule has 0 bridgehead atoms. The van der Waals surface area contributed by atoms with Gasteiger partial charge in [0.25, 0.3) is 11.8 Å². The molecule has 5 rings (SSSR count). The van der Waals surface area contributed by atoms with E-state index in [4.69, 9.17) is 0 Å². The Hall–Kier alpha value is -3.00. The first-order valence-electron chi connectivity index (χ1n) is 18.5. The molecule has 1 N–H and O–H groups in total. The zero-order valence-corrected chi connectivity index (χ0v) is 30.4. The molecule has 2 aromatic carbocycles. The lowest BCUT2D eigenvalue weighted by atomic mass is 9.93. The first-order valence-corrected chi connectivity index (χ1v) is 19.4. The van der Waals surface area contributed by atoms with Crippen molar-refractivity contribution in [2.75, 3.05) is 39.3 Å². The molecule has 6 nitrogen and oxygen atoms in total. The zero-order valence-electron chi connectivity index (χ0n) is 29.5. The molecule has 1 aromatic heterocycles. The Morgan fingerprint density at radius 2 is 1.56 bits per heavy atom. The van der Waals surface area contributed by atoms with Gasteiger partial charge in [-0.15, -0.1) is 11.3 Å². The number of hydrogen-bond donors (Lipinski definition) is 1. The van der Waals surface area contributed by atoms with Gasteiger partial charge >= 0.3 is 0 Å². The second-order valence-electron chi connectivity index (χ2n) is 14.5. The highest BCUT2D eigenvalue weighted by atomic mass is 32.1. The van der Waals surface area contributed by atoms with Crippen LogP contribution in [0.15, 0.2) is 60.0 Å². The van der Waals surface area contributed by atoms with E-state index in [0.29, 0.717) is 18.4 Å². The molecular weight excluding hydrogens is 615 g/mol. The van der Waals surface area contributed by atoms with Crippen LogP contribution in [0.4, 0.5) is 0 Å². The second kappa shape index (κ2) is 18.1. The Balaban J connectivity index is 1.24. The maximum Gasteiger partial charge on any atom is 0.264 e. The smallest absolute Gasteiger partial charge is 0.264 e. The monoisotopic (exact) mass is 671 g/mol. The fourth-order valence-corrected chi connectivity index (χ4v) is 8.10. The predicted octanol–water partition coefficient (Wildman–Crippen LogP) is 8.54. The molecule has 2 amide bonds. The van der Waals surface area contributed by atoms with E-state index in [0.717, 1.165) is 98.4 Å². The minimum absolute atomic E-state index is 0.0914.